The maximum Gasteiger partial charge on any atom is 0.341 e. The van der Waals surface area contributed by atoms with Crippen LogP contribution in [0, 0.1) is 5.92 Å². The lowest BCUT2D eigenvalue weighted by Crippen LogP contribution is -2.48. The normalized spacial score (nSPS) is 21.8. The van der Waals surface area contributed by atoms with E-state index >= 15 is 0 Å². The van der Waals surface area contributed by atoms with Crippen LogP contribution in [0.3, 0.4) is 0 Å². The summed E-state index contributed by atoms with van der Waals surface area (Å²) in [4.78, 5) is 25.4. The van der Waals surface area contributed by atoms with Crippen LogP contribution in [0.2, 0.25) is 0 Å². The maximum absolute atomic E-state index is 13.1. The fourth-order valence-electron chi connectivity index (χ4n) is 3.50. The van der Waals surface area contributed by atoms with Crippen LogP contribution in [0.4, 0.5) is 5.69 Å². The number of hydrogen-bond acceptors (Lipinski definition) is 5. The first-order valence-corrected chi connectivity index (χ1v) is 10.3. The van der Waals surface area contributed by atoms with Crippen LogP contribution in [0.25, 0.3) is 0 Å². The SMILES string of the molecule is CCCOc1ccc(NC(=O)C2(OCC)CCC(C)CC2)cc1C(=O)OCC. The number of esters is 1. The van der Waals surface area contributed by atoms with Gasteiger partial charge in [0.15, 0.2) is 0 Å². The Morgan fingerprint density at radius 3 is 2.46 bits per heavy atom. The van der Waals surface area contributed by atoms with Gasteiger partial charge >= 0.3 is 5.97 Å². The topological polar surface area (TPSA) is 73.9 Å². The summed E-state index contributed by atoms with van der Waals surface area (Å²) in [6.45, 7) is 9.13. The number of benzene rings is 1. The predicted molar refractivity (Wildman–Crippen MR) is 109 cm³/mol. The Morgan fingerprint density at radius 2 is 1.86 bits per heavy atom. The Kier molecular flexibility index (Phi) is 8.30. The van der Waals surface area contributed by atoms with Crippen LogP contribution >= 0.6 is 0 Å². The quantitative estimate of drug-likeness (QED) is 0.624. The Balaban J connectivity index is 2.22. The molecule has 1 fully saturated rings. The molecule has 1 aliphatic rings. The second-order valence-corrected chi connectivity index (χ2v) is 7.34. The van der Waals surface area contributed by atoms with E-state index in [4.69, 9.17) is 14.2 Å². The standard InChI is InChI=1S/C22H33NO5/c1-5-14-27-19-9-8-17(15-18(19)20(24)26-6-2)23-21(25)22(28-7-3)12-10-16(4)11-13-22/h8-9,15-16H,5-7,10-14H2,1-4H3,(H,23,25). The van der Waals surface area contributed by atoms with Crippen LogP contribution in [0.5, 0.6) is 5.75 Å². The molecular formula is C22H33NO5. The number of hydrogen-bond donors (Lipinski definition) is 1. The van der Waals surface area contributed by atoms with E-state index < -0.39 is 11.6 Å². The third kappa shape index (κ3) is 5.47. The summed E-state index contributed by atoms with van der Waals surface area (Å²) in [7, 11) is 0. The molecule has 1 amide bonds. The van der Waals surface area contributed by atoms with Gasteiger partial charge in [-0.1, -0.05) is 13.8 Å². The Labute approximate surface area is 167 Å². The van der Waals surface area contributed by atoms with Crippen molar-refractivity contribution in [3.8, 4) is 5.75 Å². The summed E-state index contributed by atoms with van der Waals surface area (Å²) in [6.07, 6.45) is 4.17. The number of ether oxygens (including phenoxy) is 3. The summed E-state index contributed by atoms with van der Waals surface area (Å²) in [5.41, 5.74) is 0.0494. The number of anilines is 1. The molecule has 1 aliphatic carbocycles. The van der Waals surface area contributed by atoms with Crippen LogP contribution in [-0.2, 0) is 14.3 Å². The molecule has 0 aliphatic heterocycles. The van der Waals surface area contributed by atoms with Crippen molar-refractivity contribution < 1.29 is 23.8 Å². The molecule has 6 nitrogen and oxygen atoms in total. The van der Waals surface area contributed by atoms with Crippen LogP contribution in [0.1, 0.15) is 70.2 Å². The van der Waals surface area contributed by atoms with Gasteiger partial charge in [0.25, 0.3) is 5.91 Å². The summed E-state index contributed by atoms with van der Waals surface area (Å²) in [5, 5.41) is 2.95. The first kappa shape index (κ1) is 22.2. The van der Waals surface area contributed by atoms with E-state index in [9.17, 15) is 9.59 Å². The predicted octanol–water partition coefficient (Wildman–Crippen LogP) is 4.58. The molecular weight excluding hydrogens is 358 g/mol. The number of carbonyl (C=O) groups is 2. The molecule has 1 aromatic rings. The second-order valence-electron chi connectivity index (χ2n) is 7.34. The van der Waals surface area contributed by atoms with Crippen molar-refractivity contribution in [1.29, 1.82) is 0 Å². The molecule has 0 bridgehead atoms. The van der Waals surface area contributed by atoms with E-state index in [0.717, 1.165) is 19.3 Å². The minimum absolute atomic E-state index is 0.154. The van der Waals surface area contributed by atoms with Gasteiger partial charge in [0.1, 0.15) is 16.9 Å². The van der Waals surface area contributed by atoms with Crippen molar-refractivity contribution in [1.82, 2.24) is 0 Å². The fourth-order valence-corrected chi connectivity index (χ4v) is 3.50. The van der Waals surface area contributed by atoms with E-state index in [1.807, 2.05) is 13.8 Å². The van der Waals surface area contributed by atoms with Gasteiger partial charge in [0.05, 0.1) is 13.2 Å². The smallest absolute Gasteiger partial charge is 0.341 e. The van der Waals surface area contributed by atoms with E-state index in [1.165, 1.54) is 0 Å². The van der Waals surface area contributed by atoms with E-state index in [-0.39, 0.29) is 12.5 Å². The van der Waals surface area contributed by atoms with Crippen molar-refractivity contribution in [2.24, 2.45) is 5.92 Å². The molecule has 0 unspecified atom stereocenters. The molecule has 0 heterocycles. The van der Waals surface area contributed by atoms with Gasteiger partial charge in [-0.25, -0.2) is 4.79 Å². The summed E-state index contributed by atoms with van der Waals surface area (Å²) in [6, 6.07) is 5.07. The maximum atomic E-state index is 13.1. The van der Waals surface area contributed by atoms with Gasteiger partial charge in [-0.05, 0) is 70.1 Å². The zero-order valence-electron chi connectivity index (χ0n) is 17.5. The molecule has 156 valence electrons. The number of carbonyl (C=O) groups excluding carboxylic acids is 2. The highest BCUT2D eigenvalue weighted by molar-refractivity contribution is 5.99. The van der Waals surface area contributed by atoms with Gasteiger partial charge in [-0.15, -0.1) is 0 Å². The average molecular weight is 392 g/mol. The van der Waals surface area contributed by atoms with Crippen LogP contribution in [0.15, 0.2) is 18.2 Å². The van der Waals surface area contributed by atoms with Crippen molar-refractivity contribution in [3.63, 3.8) is 0 Å². The summed E-state index contributed by atoms with van der Waals surface area (Å²) in [5.74, 6) is 0.449. The highest BCUT2D eigenvalue weighted by Gasteiger charge is 2.42. The van der Waals surface area contributed by atoms with Gasteiger partial charge in [-0.2, -0.15) is 0 Å². The lowest BCUT2D eigenvalue weighted by molar-refractivity contribution is -0.146. The van der Waals surface area contributed by atoms with Crippen LogP contribution < -0.4 is 10.1 Å². The minimum atomic E-state index is -0.803. The molecule has 1 aromatic carbocycles. The first-order valence-electron chi connectivity index (χ1n) is 10.3. The zero-order chi connectivity index (χ0) is 20.6. The monoisotopic (exact) mass is 391 g/mol. The van der Waals surface area contributed by atoms with Gasteiger partial charge in [0.2, 0.25) is 0 Å². The molecule has 1 N–H and O–H groups in total. The lowest BCUT2D eigenvalue weighted by Gasteiger charge is -2.37. The molecule has 28 heavy (non-hydrogen) atoms. The Hall–Kier alpha value is -2.08. The molecule has 2 rings (SSSR count). The molecule has 0 spiro atoms. The van der Waals surface area contributed by atoms with Crippen molar-refractivity contribution in [3.05, 3.63) is 23.8 Å². The number of rotatable bonds is 9. The third-order valence-electron chi connectivity index (χ3n) is 5.11. The molecule has 6 heteroatoms. The minimum Gasteiger partial charge on any atom is -0.493 e. The Bertz CT molecular complexity index is 665. The second kappa shape index (κ2) is 10.5. The highest BCUT2D eigenvalue weighted by atomic mass is 16.5. The largest absolute Gasteiger partial charge is 0.493 e. The third-order valence-corrected chi connectivity index (χ3v) is 5.11. The first-order chi connectivity index (χ1) is 13.5. The van der Waals surface area contributed by atoms with Crippen molar-refractivity contribution >= 4 is 17.6 Å². The molecule has 0 aromatic heterocycles. The Morgan fingerprint density at radius 1 is 1.14 bits per heavy atom. The zero-order valence-corrected chi connectivity index (χ0v) is 17.5. The molecule has 0 radical (unpaired) electrons. The van der Waals surface area contributed by atoms with Crippen molar-refractivity contribution in [2.45, 2.75) is 65.4 Å². The molecule has 0 saturated heterocycles. The van der Waals surface area contributed by atoms with E-state index in [2.05, 4.69) is 12.2 Å². The molecule has 1 saturated carbocycles. The number of amides is 1. The van der Waals surface area contributed by atoms with E-state index in [0.29, 0.717) is 49.0 Å². The van der Waals surface area contributed by atoms with Gasteiger partial charge in [-0.3, -0.25) is 4.79 Å². The fraction of sp³-hybridized carbons (Fsp3) is 0.636. The lowest BCUT2D eigenvalue weighted by atomic mass is 9.78. The van der Waals surface area contributed by atoms with Crippen molar-refractivity contribution in [2.75, 3.05) is 25.1 Å². The van der Waals surface area contributed by atoms with Crippen LogP contribution in [-0.4, -0.2) is 37.3 Å². The van der Waals surface area contributed by atoms with Gasteiger partial charge < -0.3 is 19.5 Å². The highest BCUT2D eigenvalue weighted by Crippen LogP contribution is 2.36. The summed E-state index contributed by atoms with van der Waals surface area (Å²) < 4.78 is 16.7. The summed E-state index contributed by atoms with van der Waals surface area (Å²) >= 11 is 0. The van der Waals surface area contributed by atoms with Gasteiger partial charge in [0, 0.05) is 12.3 Å². The average Bonchev–Trinajstić information content (AvgIpc) is 2.69. The van der Waals surface area contributed by atoms with E-state index in [1.54, 1.807) is 25.1 Å². The number of nitrogens with one attached hydrogen (secondary N) is 1. The molecule has 0 atom stereocenters.